The monoisotopic (exact) mass is 489 g/mol. The molecule has 0 saturated heterocycles. The third kappa shape index (κ3) is 7.35. The van der Waals surface area contributed by atoms with Crippen molar-refractivity contribution in [1.29, 1.82) is 0 Å². The van der Waals surface area contributed by atoms with Crippen molar-refractivity contribution in [2.75, 3.05) is 14.2 Å². The fourth-order valence-electron chi connectivity index (χ4n) is 2.11. The summed E-state index contributed by atoms with van der Waals surface area (Å²) in [5.41, 5.74) is 7.24. The van der Waals surface area contributed by atoms with Gasteiger partial charge < -0.3 is 15.2 Å². The third-order valence-electron chi connectivity index (χ3n) is 3.61. The first-order chi connectivity index (χ1) is 15.0. The van der Waals surface area contributed by atoms with Crippen LogP contribution < -0.4 is 20.7 Å². The van der Waals surface area contributed by atoms with Crippen molar-refractivity contribution in [3.8, 4) is 11.5 Å². The van der Waals surface area contributed by atoms with Crippen molar-refractivity contribution < 1.29 is 32.6 Å². The van der Waals surface area contributed by atoms with Gasteiger partial charge in [-0.25, -0.2) is 5.48 Å². The molecular weight excluding hydrogens is 470 g/mol. The molecule has 0 heterocycles. The smallest absolute Gasteiger partial charge is 0.294 e. The van der Waals surface area contributed by atoms with Crippen molar-refractivity contribution in [3.05, 3.63) is 56.6 Å². The Labute approximate surface area is 188 Å². The van der Waals surface area contributed by atoms with Gasteiger partial charge in [0.05, 0.1) is 41.9 Å². The number of nitrogens with zero attached hydrogens (tertiary/aromatic N) is 3. The van der Waals surface area contributed by atoms with Crippen LogP contribution in [-0.4, -0.2) is 49.5 Å². The molecule has 0 aliphatic rings. The number of hydrogen-bond acceptors (Lipinski definition) is 9. The number of nitrogens with one attached hydrogen (secondary N) is 1. The van der Waals surface area contributed by atoms with Gasteiger partial charge in [-0.3, -0.25) is 19.9 Å². The van der Waals surface area contributed by atoms with Gasteiger partial charge in [-0.05, 0) is 19.1 Å². The lowest BCUT2D eigenvalue weighted by Gasteiger charge is -2.11. The molecule has 2 aromatic rings. The van der Waals surface area contributed by atoms with Crippen LogP contribution in [0.5, 0.6) is 11.5 Å². The average molecular weight is 490 g/mol. The van der Waals surface area contributed by atoms with E-state index in [1.165, 1.54) is 26.4 Å². The Kier molecular flexibility index (Phi) is 9.80. The number of guanidine groups is 1. The van der Waals surface area contributed by atoms with Gasteiger partial charge in [-0.1, -0.05) is 29.3 Å². The second-order valence-corrected chi connectivity index (χ2v) is 7.55. The van der Waals surface area contributed by atoms with Crippen LogP contribution in [0.25, 0.3) is 0 Å². The topological polar surface area (TPSA) is 199 Å². The van der Waals surface area contributed by atoms with Gasteiger partial charge >= 0.3 is 0 Å². The molecule has 0 bridgehead atoms. The second-order valence-electron chi connectivity index (χ2n) is 5.75. The highest BCUT2D eigenvalue weighted by molar-refractivity contribution is 7.85. The number of nitro groups is 1. The number of rotatable bonds is 6. The average Bonchev–Trinajstić information content (AvgIpc) is 2.74. The van der Waals surface area contributed by atoms with Gasteiger partial charge in [0.15, 0.2) is 11.5 Å². The van der Waals surface area contributed by atoms with Crippen molar-refractivity contribution in [3.63, 3.8) is 0 Å². The first kappa shape index (κ1) is 26.6. The van der Waals surface area contributed by atoms with E-state index in [1.54, 1.807) is 17.6 Å². The van der Waals surface area contributed by atoms with Crippen LogP contribution in [0.2, 0.25) is 5.02 Å². The SMILES string of the molecule is COc1cc([N+](=O)[O-])c(/C=N/N=C(N)NO)c(Cl)c1OC.Cc1ccc(S(=O)(=O)O)cc1. The zero-order chi connectivity index (χ0) is 24.5. The number of nitrogens with two attached hydrogens (primary N) is 1. The van der Waals surface area contributed by atoms with Gasteiger partial charge in [0.2, 0.25) is 5.96 Å². The lowest BCUT2D eigenvalue weighted by atomic mass is 10.1. The zero-order valence-electron chi connectivity index (χ0n) is 17.0. The maximum absolute atomic E-state index is 11.1. The van der Waals surface area contributed by atoms with Crippen molar-refractivity contribution >= 4 is 39.6 Å². The fourth-order valence-corrected chi connectivity index (χ4v) is 2.90. The lowest BCUT2D eigenvalue weighted by molar-refractivity contribution is -0.385. The standard InChI is InChI=1S/C10H12ClN5O5.C7H8O3S/c1-20-7-3-6(16(18)19)5(8(11)9(7)21-2)4-13-14-10(12)15-17;1-6-2-4-7(5-3-6)11(8,9)10/h3-4,17H,1-2H3,(H3,12,14,15);2-5H,1H3,(H,8,9,10)/b13-4+;. The number of benzene rings is 2. The van der Waals surface area contributed by atoms with E-state index in [0.29, 0.717) is 0 Å². The number of ether oxygens (including phenoxy) is 2. The second kappa shape index (κ2) is 11.8. The molecule has 15 heteroatoms. The van der Waals surface area contributed by atoms with Crippen molar-refractivity contribution in [2.45, 2.75) is 11.8 Å². The van der Waals surface area contributed by atoms with Gasteiger partial charge in [-0.15, -0.1) is 5.10 Å². The Morgan fingerprint density at radius 1 is 1.28 bits per heavy atom. The van der Waals surface area contributed by atoms with E-state index in [2.05, 4.69) is 10.2 Å². The van der Waals surface area contributed by atoms with Crippen LogP contribution in [0.4, 0.5) is 5.69 Å². The van der Waals surface area contributed by atoms with E-state index >= 15 is 0 Å². The minimum atomic E-state index is -4.02. The summed E-state index contributed by atoms with van der Waals surface area (Å²) in [4.78, 5) is 10.3. The summed E-state index contributed by atoms with van der Waals surface area (Å²) in [6.07, 6.45) is 1.01. The molecular formula is C17H20ClN5O8S. The van der Waals surface area contributed by atoms with Crippen molar-refractivity contribution in [2.24, 2.45) is 15.9 Å². The Morgan fingerprint density at radius 2 is 1.88 bits per heavy atom. The van der Waals surface area contributed by atoms with Gasteiger partial charge in [0.1, 0.15) is 5.02 Å². The van der Waals surface area contributed by atoms with E-state index in [4.69, 9.17) is 36.6 Å². The first-order valence-corrected chi connectivity index (χ1v) is 10.2. The quantitative estimate of drug-likeness (QED) is 0.153. The molecule has 5 N–H and O–H groups in total. The number of methoxy groups -OCH3 is 2. The molecule has 0 amide bonds. The molecule has 174 valence electrons. The van der Waals surface area contributed by atoms with Crippen LogP contribution in [0, 0.1) is 17.0 Å². The molecule has 13 nitrogen and oxygen atoms in total. The minimum absolute atomic E-state index is 0.0474. The van der Waals surface area contributed by atoms with E-state index in [1.807, 2.05) is 6.92 Å². The molecule has 0 aliphatic heterocycles. The molecule has 32 heavy (non-hydrogen) atoms. The summed E-state index contributed by atoms with van der Waals surface area (Å²) < 4.78 is 39.6. The molecule has 0 atom stereocenters. The maximum Gasteiger partial charge on any atom is 0.294 e. The van der Waals surface area contributed by atoms with Crippen LogP contribution >= 0.6 is 11.6 Å². The van der Waals surface area contributed by atoms with Crippen LogP contribution in [0.1, 0.15) is 11.1 Å². The number of aryl methyl sites for hydroxylation is 1. The van der Waals surface area contributed by atoms with Crippen LogP contribution in [0.15, 0.2) is 45.4 Å². The largest absolute Gasteiger partial charge is 0.493 e. The van der Waals surface area contributed by atoms with E-state index < -0.39 is 21.0 Å². The first-order valence-electron chi connectivity index (χ1n) is 8.35. The summed E-state index contributed by atoms with van der Waals surface area (Å²) in [7, 11) is -1.36. The molecule has 0 radical (unpaired) electrons. The molecule has 0 saturated carbocycles. The molecule has 0 aromatic heterocycles. The van der Waals surface area contributed by atoms with E-state index in [9.17, 15) is 18.5 Å². The summed E-state index contributed by atoms with van der Waals surface area (Å²) >= 11 is 6.05. The number of hydrogen-bond donors (Lipinski definition) is 4. The lowest BCUT2D eigenvalue weighted by Crippen LogP contribution is -2.27. The summed E-state index contributed by atoms with van der Waals surface area (Å²) in [6.45, 7) is 1.84. The van der Waals surface area contributed by atoms with Crippen molar-refractivity contribution in [1.82, 2.24) is 5.48 Å². The molecule has 0 spiro atoms. The number of nitro benzene ring substituents is 1. The highest BCUT2D eigenvalue weighted by Gasteiger charge is 2.24. The fraction of sp³-hybridized carbons (Fsp3) is 0.176. The molecule has 0 fully saturated rings. The van der Waals surface area contributed by atoms with Gasteiger partial charge in [0.25, 0.3) is 15.8 Å². The Hall–Kier alpha value is -3.46. The Bertz CT molecular complexity index is 1120. The predicted molar refractivity (Wildman–Crippen MR) is 116 cm³/mol. The van der Waals surface area contributed by atoms with Gasteiger partial charge in [-0.2, -0.15) is 13.5 Å². The normalized spacial score (nSPS) is 11.5. The molecule has 0 aliphatic carbocycles. The summed E-state index contributed by atoms with van der Waals surface area (Å²) in [5, 5.41) is 26.2. The van der Waals surface area contributed by atoms with E-state index in [-0.39, 0.29) is 32.7 Å². The highest BCUT2D eigenvalue weighted by atomic mass is 35.5. The van der Waals surface area contributed by atoms with Crippen LogP contribution in [0.3, 0.4) is 0 Å². The molecule has 2 rings (SSSR count). The number of hydroxylamine groups is 1. The minimum Gasteiger partial charge on any atom is -0.493 e. The number of halogens is 1. The highest BCUT2D eigenvalue weighted by Crippen LogP contribution is 2.41. The zero-order valence-corrected chi connectivity index (χ0v) is 18.6. The Balaban J connectivity index is 0.000000389. The summed E-state index contributed by atoms with van der Waals surface area (Å²) in [5.74, 6) is -0.180. The van der Waals surface area contributed by atoms with E-state index in [0.717, 1.165) is 17.8 Å². The maximum atomic E-state index is 11.1. The summed E-state index contributed by atoms with van der Waals surface area (Å²) in [6, 6.07) is 7.13. The van der Waals surface area contributed by atoms with Gasteiger partial charge in [0, 0.05) is 0 Å². The molecule has 2 aromatic carbocycles. The Morgan fingerprint density at radius 3 is 2.31 bits per heavy atom. The van der Waals surface area contributed by atoms with Crippen LogP contribution in [-0.2, 0) is 10.1 Å². The third-order valence-corrected chi connectivity index (χ3v) is 4.85. The predicted octanol–water partition coefficient (Wildman–Crippen LogP) is 2.13. The molecule has 0 unspecified atom stereocenters.